The maximum Gasteiger partial charge on any atom is 0.410 e. The van der Waals surface area contributed by atoms with Gasteiger partial charge in [-0.15, -0.1) is 0 Å². The molecule has 6 heterocycles. The topological polar surface area (TPSA) is 171 Å². The highest BCUT2D eigenvalue weighted by Gasteiger charge is 2.41. The van der Waals surface area contributed by atoms with Crippen molar-refractivity contribution in [1.29, 1.82) is 0 Å². The van der Waals surface area contributed by atoms with Crippen LogP contribution in [0.2, 0.25) is 0 Å². The molecule has 5 aliphatic rings. The summed E-state index contributed by atoms with van der Waals surface area (Å²) in [6.07, 6.45) is 2.22. The van der Waals surface area contributed by atoms with Crippen LogP contribution in [0, 0.1) is 30.6 Å². The number of rotatable bonds is 10. The van der Waals surface area contributed by atoms with E-state index in [0.29, 0.717) is 80.7 Å². The number of imide groups is 1. The van der Waals surface area contributed by atoms with Crippen molar-refractivity contribution in [2.75, 3.05) is 69.1 Å². The number of imidazole rings is 1. The van der Waals surface area contributed by atoms with E-state index in [2.05, 4.69) is 43.7 Å². The number of hydrogen-bond acceptors (Lipinski definition) is 10. The first kappa shape index (κ1) is 55.1. The lowest BCUT2D eigenvalue weighted by Crippen LogP contribution is -2.52. The third-order valence-corrected chi connectivity index (χ3v) is 16.8. The van der Waals surface area contributed by atoms with Gasteiger partial charge in [0.15, 0.2) is 0 Å². The first-order valence-corrected chi connectivity index (χ1v) is 28.0. The highest BCUT2D eigenvalue weighted by atomic mass is 19.1. The molecule has 10 rings (SSSR count). The number of benzene rings is 4. The summed E-state index contributed by atoms with van der Waals surface area (Å²) in [5.41, 5.74) is 3.56. The number of nitrogens with zero attached hydrogens (tertiary/aromatic N) is 6. The Morgan fingerprint density at radius 3 is 2.28 bits per heavy atom. The van der Waals surface area contributed by atoms with Crippen molar-refractivity contribution < 1.29 is 37.5 Å². The second kappa shape index (κ2) is 22.5. The Hall–Kier alpha value is -7.26. The number of likely N-dealkylation sites (tertiary alicyclic amines) is 3. The van der Waals surface area contributed by atoms with Crippen LogP contribution in [-0.2, 0) is 26.2 Å². The van der Waals surface area contributed by atoms with E-state index < -0.39 is 41.5 Å². The summed E-state index contributed by atoms with van der Waals surface area (Å²) >= 11 is 0. The van der Waals surface area contributed by atoms with E-state index in [1.807, 2.05) is 79.4 Å². The number of ether oxygens (including phenoxy) is 1. The first-order chi connectivity index (χ1) is 37.7. The van der Waals surface area contributed by atoms with Crippen molar-refractivity contribution in [2.24, 2.45) is 18.9 Å². The van der Waals surface area contributed by atoms with Crippen LogP contribution in [0.4, 0.5) is 25.0 Å². The molecule has 1 aromatic heterocycles. The lowest BCUT2D eigenvalue weighted by atomic mass is 9.88. The molecule has 5 amide bonds. The predicted molar refractivity (Wildman–Crippen MR) is 300 cm³/mol. The number of fused-ring (bicyclic) bond motifs is 2. The highest BCUT2D eigenvalue weighted by Crippen LogP contribution is 2.35. The van der Waals surface area contributed by atoms with Gasteiger partial charge in [-0.3, -0.25) is 33.6 Å². The van der Waals surface area contributed by atoms with Gasteiger partial charge in [-0.05, 0) is 138 Å². The van der Waals surface area contributed by atoms with Crippen molar-refractivity contribution in [2.45, 2.75) is 122 Å². The molecule has 4 atom stereocenters. The molecular formula is C61H73F2N9O7. The van der Waals surface area contributed by atoms with Crippen molar-refractivity contribution in [3.8, 4) is 11.8 Å². The van der Waals surface area contributed by atoms with E-state index in [1.165, 1.54) is 14.0 Å². The van der Waals surface area contributed by atoms with Gasteiger partial charge in [-0.1, -0.05) is 48.2 Å². The minimum Gasteiger partial charge on any atom is -0.444 e. The zero-order chi connectivity index (χ0) is 55.9. The first-order valence-electron chi connectivity index (χ1n) is 28.0. The zero-order valence-corrected chi connectivity index (χ0v) is 46.2. The number of anilines is 2. The smallest absolute Gasteiger partial charge is 0.410 e. The fourth-order valence-electron chi connectivity index (χ4n) is 12.2. The minimum absolute atomic E-state index is 0.0770. The maximum absolute atomic E-state index is 16.5. The van der Waals surface area contributed by atoms with Crippen molar-refractivity contribution in [3.63, 3.8) is 0 Å². The van der Waals surface area contributed by atoms with Gasteiger partial charge in [-0.2, -0.15) is 0 Å². The SMILES string of the molecule is Cc1ccc(N[C@H]2CN(C(=O)OC(C)(C)C)C[C@H]2F)cc1C(=O)N[C@H](C)c1ccc(C#CC2CCN(CC3(F)CCN(C(=O)C4CCN(c5ccc6c(c5)n(C)c(=O)n6C5CCC(=O)NC5=O)CC4)CC3)CC2)c2ccccc12. The molecule has 0 radical (unpaired) electrons. The quantitative estimate of drug-likeness (QED) is 0.0922. The largest absolute Gasteiger partial charge is 0.444 e. The molecule has 5 aromatic rings. The summed E-state index contributed by atoms with van der Waals surface area (Å²) in [6.45, 7) is 13.2. The number of aromatic nitrogens is 2. The molecule has 0 spiro atoms. The molecule has 3 N–H and O–H groups in total. The molecular weight excluding hydrogens is 1010 g/mol. The number of piperidine rings is 4. The number of carbonyl (C=O) groups is 5. The van der Waals surface area contributed by atoms with E-state index in [4.69, 9.17) is 4.74 Å². The lowest BCUT2D eigenvalue weighted by Gasteiger charge is -2.42. The van der Waals surface area contributed by atoms with Gasteiger partial charge >= 0.3 is 11.8 Å². The fraction of sp³-hybridized carbons (Fsp3) is 0.508. The third kappa shape index (κ3) is 12.0. The van der Waals surface area contributed by atoms with Gasteiger partial charge in [-0.25, -0.2) is 18.4 Å². The Morgan fingerprint density at radius 1 is 0.848 bits per heavy atom. The molecule has 5 aliphatic heterocycles. The van der Waals surface area contributed by atoms with E-state index in [1.54, 1.807) is 33.9 Å². The molecule has 4 aromatic carbocycles. The van der Waals surface area contributed by atoms with Gasteiger partial charge in [0.2, 0.25) is 17.7 Å². The Kier molecular flexibility index (Phi) is 15.7. The Bertz CT molecular complexity index is 3300. The van der Waals surface area contributed by atoms with E-state index in [-0.39, 0.29) is 67.2 Å². The highest BCUT2D eigenvalue weighted by molar-refractivity contribution is 6.00. The zero-order valence-electron chi connectivity index (χ0n) is 46.2. The van der Waals surface area contributed by atoms with Crippen LogP contribution in [-0.4, -0.2) is 136 Å². The van der Waals surface area contributed by atoms with Gasteiger partial charge in [0, 0.05) is 99.9 Å². The Balaban J connectivity index is 0.683. The van der Waals surface area contributed by atoms with Gasteiger partial charge in [0.25, 0.3) is 5.91 Å². The summed E-state index contributed by atoms with van der Waals surface area (Å²) in [6, 6.07) is 21.5. The summed E-state index contributed by atoms with van der Waals surface area (Å²) in [5.74, 6) is 6.07. The van der Waals surface area contributed by atoms with E-state index in [0.717, 1.165) is 59.1 Å². The Morgan fingerprint density at radius 2 is 1.57 bits per heavy atom. The lowest BCUT2D eigenvalue weighted by molar-refractivity contribution is -0.139. The minimum atomic E-state index is -1.37. The van der Waals surface area contributed by atoms with Crippen molar-refractivity contribution >= 4 is 62.9 Å². The van der Waals surface area contributed by atoms with E-state index in [9.17, 15) is 28.8 Å². The second-order valence-corrected chi connectivity index (χ2v) is 23.5. The molecule has 1 unspecified atom stereocenters. The monoisotopic (exact) mass is 1080 g/mol. The molecule has 418 valence electrons. The number of alkyl halides is 2. The van der Waals surface area contributed by atoms with Crippen LogP contribution in [0.5, 0.6) is 0 Å². The number of carbonyl (C=O) groups excluding carboxylic acids is 5. The molecule has 5 saturated heterocycles. The molecule has 79 heavy (non-hydrogen) atoms. The molecule has 0 saturated carbocycles. The summed E-state index contributed by atoms with van der Waals surface area (Å²) in [5, 5.41) is 10.7. The number of nitrogens with one attached hydrogen (secondary N) is 3. The van der Waals surface area contributed by atoms with Crippen LogP contribution < -0.4 is 26.5 Å². The predicted octanol–water partition coefficient (Wildman–Crippen LogP) is 7.95. The maximum atomic E-state index is 16.5. The summed E-state index contributed by atoms with van der Waals surface area (Å²) < 4.78 is 40.1. The standard InChI is InChI=1S/C61H73F2N9O7/c1-38-11-15-43(65-50-36-71(35-49(50)62)59(78)79-60(3,4)5)33-48(38)55(74)64-39(2)45-17-14-41(46-9-7-8-10-47(45)46)13-12-40-21-27-68(28-22-40)37-61(63)25-31-70(32-26-61)57(76)42-23-29-69(30-24-42)44-16-18-51-53(34-44)67(6)58(77)72(51)52-19-20-54(73)66-56(52)75/h7-11,14-18,33-34,39-40,42,49-50,52,65H,19-32,35-37H2,1-6H3,(H,64,74)(H,66,73,75)/t39-,49-,50+,52?/m1/s1. The third-order valence-electron chi connectivity index (χ3n) is 16.8. The van der Waals surface area contributed by atoms with Crippen LogP contribution >= 0.6 is 0 Å². The number of amides is 5. The summed E-state index contributed by atoms with van der Waals surface area (Å²) in [4.78, 5) is 85.7. The van der Waals surface area contributed by atoms with Crippen molar-refractivity contribution in [1.82, 2.24) is 34.5 Å². The fourth-order valence-corrected chi connectivity index (χ4v) is 12.2. The van der Waals surface area contributed by atoms with Gasteiger partial charge in [0.05, 0.1) is 29.7 Å². The molecule has 5 fully saturated rings. The molecule has 18 heteroatoms. The summed E-state index contributed by atoms with van der Waals surface area (Å²) in [7, 11) is 1.68. The van der Waals surface area contributed by atoms with Gasteiger partial charge < -0.3 is 35.0 Å². The number of hydrogen-bond donors (Lipinski definition) is 3. The average molecular weight is 1080 g/mol. The number of aryl methyl sites for hydroxylation is 2. The van der Waals surface area contributed by atoms with Crippen LogP contribution in [0.1, 0.15) is 118 Å². The average Bonchev–Trinajstić information content (AvgIpc) is 4.17. The Labute approximate surface area is 460 Å². The van der Waals surface area contributed by atoms with Gasteiger partial charge in [0.1, 0.15) is 23.5 Å². The molecule has 16 nitrogen and oxygen atoms in total. The number of halogens is 2. The van der Waals surface area contributed by atoms with Crippen LogP contribution in [0.15, 0.2) is 77.6 Å². The molecule has 0 aliphatic carbocycles. The van der Waals surface area contributed by atoms with Crippen LogP contribution in [0.25, 0.3) is 21.8 Å². The second-order valence-electron chi connectivity index (χ2n) is 23.5. The normalized spacial score (nSPS) is 21.9. The molecule has 0 bridgehead atoms. The van der Waals surface area contributed by atoms with Crippen molar-refractivity contribution in [3.05, 3.63) is 106 Å². The van der Waals surface area contributed by atoms with E-state index >= 15 is 8.78 Å². The van der Waals surface area contributed by atoms with Crippen LogP contribution in [0.3, 0.4) is 0 Å².